The van der Waals surface area contributed by atoms with E-state index in [-0.39, 0.29) is 11.3 Å². The maximum Gasteiger partial charge on any atom is 0.149 e. The lowest BCUT2D eigenvalue weighted by atomic mass is 10.0. The minimum Gasteiger partial charge on any atom is -0.396 e. The highest BCUT2D eigenvalue weighted by Crippen LogP contribution is 2.27. The van der Waals surface area contributed by atoms with Crippen LogP contribution in [-0.4, -0.2) is 0 Å². The molecule has 0 fully saturated rings. The Kier molecular flexibility index (Phi) is 2.79. The van der Waals surface area contributed by atoms with Crippen LogP contribution in [0.4, 0.5) is 18.9 Å². The summed E-state index contributed by atoms with van der Waals surface area (Å²) < 4.78 is 39.9. The predicted molar refractivity (Wildman–Crippen MR) is 60.9 cm³/mol. The highest BCUT2D eigenvalue weighted by atomic mass is 19.1. The lowest BCUT2D eigenvalue weighted by Crippen LogP contribution is -1.95. The minimum absolute atomic E-state index is 0.0859. The van der Waals surface area contributed by atoms with Crippen molar-refractivity contribution in [1.82, 2.24) is 0 Å². The molecular weight excluding hydrogens is 227 g/mol. The van der Waals surface area contributed by atoms with Crippen molar-refractivity contribution in [2.45, 2.75) is 6.92 Å². The molecule has 2 aromatic rings. The zero-order valence-corrected chi connectivity index (χ0v) is 9.10. The van der Waals surface area contributed by atoms with Crippen molar-refractivity contribution in [3.8, 4) is 11.1 Å². The Bertz CT molecular complexity index is 579. The van der Waals surface area contributed by atoms with Crippen molar-refractivity contribution >= 4 is 5.69 Å². The largest absolute Gasteiger partial charge is 0.396 e. The Hall–Kier alpha value is -1.97. The van der Waals surface area contributed by atoms with Crippen molar-refractivity contribution in [1.29, 1.82) is 0 Å². The quantitative estimate of drug-likeness (QED) is 0.752. The summed E-state index contributed by atoms with van der Waals surface area (Å²) in [4.78, 5) is 0. The zero-order chi connectivity index (χ0) is 12.6. The second-order valence-electron chi connectivity index (χ2n) is 3.82. The summed E-state index contributed by atoms with van der Waals surface area (Å²) in [5.74, 6) is -2.02. The number of aryl methyl sites for hydroxylation is 1. The molecular formula is C13H10F3N. The van der Waals surface area contributed by atoms with E-state index in [1.807, 2.05) is 0 Å². The van der Waals surface area contributed by atoms with Crippen molar-refractivity contribution in [2.75, 3.05) is 5.73 Å². The molecule has 2 aromatic carbocycles. The molecule has 0 atom stereocenters. The first-order chi connectivity index (χ1) is 7.99. The van der Waals surface area contributed by atoms with Gasteiger partial charge >= 0.3 is 0 Å². The number of hydrogen-bond acceptors (Lipinski definition) is 1. The number of halogens is 3. The van der Waals surface area contributed by atoms with E-state index in [9.17, 15) is 13.2 Å². The molecule has 17 heavy (non-hydrogen) atoms. The number of nitrogens with two attached hydrogens (primary N) is 1. The number of nitrogen functional groups attached to an aromatic ring is 1. The molecule has 0 bridgehead atoms. The number of benzene rings is 2. The summed E-state index contributed by atoms with van der Waals surface area (Å²) in [6.07, 6.45) is 0. The Morgan fingerprint density at radius 1 is 0.882 bits per heavy atom. The third-order valence-electron chi connectivity index (χ3n) is 2.57. The van der Waals surface area contributed by atoms with Gasteiger partial charge in [0.05, 0.1) is 5.69 Å². The summed E-state index contributed by atoms with van der Waals surface area (Å²) in [5.41, 5.74) is 6.07. The van der Waals surface area contributed by atoms with Crippen molar-refractivity contribution in [2.24, 2.45) is 0 Å². The van der Waals surface area contributed by atoms with Crippen molar-refractivity contribution < 1.29 is 13.2 Å². The number of anilines is 1. The van der Waals surface area contributed by atoms with E-state index in [0.717, 1.165) is 6.07 Å². The van der Waals surface area contributed by atoms with Crippen LogP contribution >= 0.6 is 0 Å². The molecule has 0 radical (unpaired) electrons. The first kappa shape index (κ1) is 11.5. The van der Waals surface area contributed by atoms with Crippen LogP contribution in [0.25, 0.3) is 11.1 Å². The van der Waals surface area contributed by atoms with Gasteiger partial charge in [0.25, 0.3) is 0 Å². The van der Waals surface area contributed by atoms with Crippen molar-refractivity contribution in [3.63, 3.8) is 0 Å². The number of hydrogen-bond donors (Lipinski definition) is 1. The molecule has 0 saturated carbocycles. The third kappa shape index (κ3) is 2.11. The lowest BCUT2D eigenvalue weighted by molar-refractivity contribution is 0.588. The van der Waals surface area contributed by atoms with Gasteiger partial charge in [0.15, 0.2) is 0 Å². The fourth-order valence-corrected chi connectivity index (χ4v) is 1.55. The van der Waals surface area contributed by atoms with Gasteiger partial charge in [-0.2, -0.15) is 0 Å². The highest BCUT2D eigenvalue weighted by molar-refractivity contribution is 5.68. The molecule has 0 spiro atoms. The smallest absolute Gasteiger partial charge is 0.149 e. The molecule has 0 saturated heterocycles. The van der Waals surface area contributed by atoms with E-state index >= 15 is 0 Å². The molecule has 0 aliphatic heterocycles. The van der Waals surface area contributed by atoms with Gasteiger partial charge in [-0.1, -0.05) is 12.1 Å². The molecule has 2 rings (SSSR count). The Morgan fingerprint density at radius 2 is 1.59 bits per heavy atom. The van der Waals surface area contributed by atoms with Crippen LogP contribution in [0.3, 0.4) is 0 Å². The summed E-state index contributed by atoms with van der Waals surface area (Å²) in [6.45, 7) is 1.61. The maximum absolute atomic E-state index is 13.5. The molecule has 0 aliphatic carbocycles. The van der Waals surface area contributed by atoms with Gasteiger partial charge in [-0.3, -0.25) is 0 Å². The average Bonchev–Trinajstić information content (AvgIpc) is 2.27. The summed E-state index contributed by atoms with van der Waals surface area (Å²) in [7, 11) is 0. The van der Waals surface area contributed by atoms with Crippen LogP contribution in [0.5, 0.6) is 0 Å². The van der Waals surface area contributed by atoms with Crippen LogP contribution in [0.2, 0.25) is 0 Å². The zero-order valence-electron chi connectivity index (χ0n) is 9.10. The fourth-order valence-electron chi connectivity index (χ4n) is 1.55. The van der Waals surface area contributed by atoms with Gasteiger partial charge < -0.3 is 5.73 Å². The second kappa shape index (κ2) is 4.13. The Balaban J connectivity index is 2.60. The van der Waals surface area contributed by atoms with E-state index in [1.54, 1.807) is 13.0 Å². The van der Waals surface area contributed by atoms with Crippen LogP contribution in [0.15, 0.2) is 30.3 Å². The first-order valence-corrected chi connectivity index (χ1v) is 5.00. The minimum atomic E-state index is -0.821. The van der Waals surface area contributed by atoms with Crippen LogP contribution in [-0.2, 0) is 0 Å². The standard InChI is InChI=1S/C13H10F3N/c1-7-2-3-8(4-10(7)14)9-5-13(17)12(16)6-11(9)15/h2-6H,17H2,1H3. The monoisotopic (exact) mass is 237 g/mol. The molecule has 0 aliphatic rings. The molecule has 0 unspecified atom stereocenters. The van der Waals surface area contributed by atoms with E-state index in [2.05, 4.69) is 0 Å². The average molecular weight is 237 g/mol. The van der Waals surface area contributed by atoms with Crippen LogP contribution < -0.4 is 5.73 Å². The SMILES string of the molecule is Cc1ccc(-c2cc(N)c(F)cc2F)cc1F. The van der Waals surface area contributed by atoms with Crippen LogP contribution in [0, 0.1) is 24.4 Å². The molecule has 0 aromatic heterocycles. The maximum atomic E-state index is 13.5. The lowest BCUT2D eigenvalue weighted by Gasteiger charge is -2.07. The van der Waals surface area contributed by atoms with E-state index in [0.29, 0.717) is 17.2 Å². The molecule has 0 heterocycles. The van der Waals surface area contributed by atoms with E-state index < -0.39 is 17.5 Å². The van der Waals surface area contributed by atoms with Gasteiger partial charge in [-0.25, -0.2) is 13.2 Å². The molecule has 2 N–H and O–H groups in total. The van der Waals surface area contributed by atoms with E-state index in [1.165, 1.54) is 12.1 Å². The second-order valence-corrected chi connectivity index (χ2v) is 3.82. The third-order valence-corrected chi connectivity index (χ3v) is 2.57. The van der Waals surface area contributed by atoms with Crippen molar-refractivity contribution in [3.05, 3.63) is 53.3 Å². The summed E-state index contributed by atoms with van der Waals surface area (Å²) >= 11 is 0. The van der Waals surface area contributed by atoms with Crippen LogP contribution in [0.1, 0.15) is 5.56 Å². The molecule has 1 nitrogen and oxygen atoms in total. The van der Waals surface area contributed by atoms with Gasteiger partial charge in [-0.15, -0.1) is 0 Å². The molecule has 4 heteroatoms. The number of rotatable bonds is 1. The molecule has 0 amide bonds. The Labute approximate surface area is 96.7 Å². The highest BCUT2D eigenvalue weighted by Gasteiger charge is 2.11. The fraction of sp³-hybridized carbons (Fsp3) is 0.0769. The van der Waals surface area contributed by atoms with Gasteiger partial charge in [0.2, 0.25) is 0 Å². The summed E-state index contributed by atoms with van der Waals surface area (Å²) in [6, 6.07) is 6.15. The topological polar surface area (TPSA) is 26.0 Å². The normalized spacial score (nSPS) is 10.6. The van der Waals surface area contributed by atoms with Gasteiger partial charge in [-0.05, 0) is 30.2 Å². The predicted octanol–water partition coefficient (Wildman–Crippen LogP) is 3.66. The van der Waals surface area contributed by atoms with Gasteiger partial charge in [0, 0.05) is 11.6 Å². The first-order valence-electron chi connectivity index (χ1n) is 5.00. The van der Waals surface area contributed by atoms with Gasteiger partial charge in [0.1, 0.15) is 17.5 Å². The Morgan fingerprint density at radius 3 is 2.24 bits per heavy atom. The molecule has 88 valence electrons. The van der Waals surface area contributed by atoms with E-state index in [4.69, 9.17) is 5.73 Å². The summed E-state index contributed by atoms with van der Waals surface area (Å²) in [5, 5.41) is 0.